The molecule has 1 fully saturated rings. The van der Waals surface area contributed by atoms with Crippen molar-refractivity contribution in [2.45, 2.75) is 38.0 Å². The number of azo groups is 1. The van der Waals surface area contributed by atoms with Gasteiger partial charge in [-0.15, -0.1) is 10.2 Å². The molecule has 1 N–H and O–H groups in total. The van der Waals surface area contributed by atoms with Gasteiger partial charge in [0.2, 0.25) is 0 Å². The zero-order valence-corrected chi connectivity index (χ0v) is 17.0. The second kappa shape index (κ2) is 9.38. The Morgan fingerprint density at radius 1 is 0.871 bits per heavy atom. The van der Waals surface area contributed by atoms with E-state index in [9.17, 15) is 15.2 Å². The third-order valence-corrected chi connectivity index (χ3v) is 5.46. The average Bonchev–Trinajstić information content (AvgIpc) is 2.80. The topological polar surface area (TPSA) is 97.3 Å². The van der Waals surface area contributed by atoms with Gasteiger partial charge in [0.25, 0.3) is 5.69 Å². The summed E-state index contributed by atoms with van der Waals surface area (Å²) in [5, 5.41) is 29.9. The highest BCUT2D eigenvalue weighted by molar-refractivity contribution is 5.61. The van der Waals surface area contributed by atoms with Crippen molar-refractivity contribution in [3.63, 3.8) is 0 Å². The number of para-hydroxylation sites is 1. The average molecular weight is 417 g/mol. The highest BCUT2D eigenvalue weighted by Crippen LogP contribution is 2.39. The molecule has 0 unspecified atom stereocenters. The van der Waals surface area contributed by atoms with Crippen LogP contribution in [0.3, 0.4) is 0 Å². The number of nitrogens with zero attached hydrogens (tertiary/aromatic N) is 3. The monoisotopic (exact) mass is 417 g/mol. The van der Waals surface area contributed by atoms with E-state index in [1.54, 1.807) is 24.3 Å². The molecular formula is C24H23N3O4. The van der Waals surface area contributed by atoms with Gasteiger partial charge in [-0.25, -0.2) is 0 Å². The lowest BCUT2D eigenvalue weighted by molar-refractivity contribution is -0.384. The minimum Gasteiger partial charge on any atom is -0.506 e. The van der Waals surface area contributed by atoms with Gasteiger partial charge < -0.3 is 9.84 Å². The zero-order chi connectivity index (χ0) is 21.6. The Kier molecular flexibility index (Phi) is 6.21. The van der Waals surface area contributed by atoms with Gasteiger partial charge in [-0.05, 0) is 60.7 Å². The summed E-state index contributed by atoms with van der Waals surface area (Å²) in [7, 11) is 0. The molecule has 4 rings (SSSR count). The maximum atomic E-state index is 11.6. The predicted molar refractivity (Wildman–Crippen MR) is 118 cm³/mol. The summed E-state index contributed by atoms with van der Waals surface area (Å²) in [5.41, 5.74) is 1.29. The van der Waals surface area contributed by atoms with E-state index in [2.05, 4.69) is 10.2 Å². The van der Waals surface area contributed by atoms with Crippen LogP contribution in [0.4, 0.5) is 17.1 Å². The van der Waals surface area contributed by atoms with Gasteiger partial charge in [-0.3, -0.25) is 10.1 Å². The van der Waals surface area contributed by atoms with Gasteiger partial charge in [0.1, 0.15) is 22.9 Å². The standard InChI is InChI=1S/C24H23N3O4/c28-24-14-11-18(17-7-3-1-4-8-17)15-22(24)26-25-21-13-12-20(16-23(21)27(29)30)31-19-9-5-2-6-10-19/h2,5-6,9-17,28H,1,3-4,7-8H2. The maximum Gasteiger partial charge on any atom is 0.300 e. The molecule has 3 aromatic rings. The van der Waals surface area contributed by atoms with E-state index in [1.165, 1.54) is 31.4 Å². The van der Waals surface area contributed by atoms with E-state index in [4.69, 9.17) is 4.74 Å². The fourth-order valence-electron chi connectivity index (χ4n) is 3.84. The van der Waals surface area contributed by atoms with Gasteiger partial charge in [0.15, 0.2) is 5.69 Å². The van der Waals surface area contributed by atoms with Gasteiger partial charge >= 0.3 is 0 Å². The van der Waals surface area contributed by atoms with Crippen LogP contribution >= 0.6 is 0 Å². The van der Waals surface area contributed by atoms with Crippen molar-refractivity contribution in [1.29, 1.82) is 0 Å². The first-order chi connectivity index (χ1) is 15.1. The number of hydrogen-bond donors (Lipinski definition) is 1. The zero-order valence-electron chi connectivity index (χ0n) is 17.0. The Labute approximate surface area is 180 Å². The quantitative estimate of drug-likeness (QED) is 0.254. The summed E-state index contributed by atoms with van der Waals surface area (Å²) in [4.78, 5) is 11.0. The normalized spacial score (nSPS) is 14.6. The van der Waals surface area contributed by atoms with Crippen molar-refractivity contribution in [2.75, 3.05) is 0 Å². The van der Waals surface area contributed by atoms with Crippen LogP contribution < -0.4 is 4.74 Å². The van der Waals surface area contributed by atoms with Crippen LogP contribution in [0.1, 0.15) is 43.6 Å². The molecule has 0 saturated heterocycles. The molecule has 158 valence electrons. The molecule has 1 saturated carbocycles. The number of phenolic OH excluding ortho intramolecular Hbond substituents is 1. The second-order valence-corrected chi connectivity index (χ2v) is 7.61. The first-order valence-electron chi connectivity index (χ1n) is 10.4. The lowest BCUT2D eigenvalue weighted by atomic mass is 9.84. The first kappa shape index (κ1) is 20.5. The molecule has 1 aliphatic rings. The lowest BCUT2D eigenvalue weighted by Crippen LogP contribution is -2.04. The Morgan fingerprint density at radius 2 is 1.61 bits per heavy atom. The number of benzene rings is 3. The number of ether oxygens (including phenoxy) is 1. The second-order valence-electron chi connectivity index (χ2n) is 7.61. The number of aromatic hydroxyl groups is 1. The molecule has 7 heteroatoms. The summed E-state index contributed by atoms with van der Waals surface area (Å²) < 4.78 is 5.67. The first-order valence-corrected chi connectivity index (χ1v) is 10.4. The predicted octanol–water partition coefficient (Wildman–Crippen LogP) is 7.56. The van der Waals surface area contributed by atoms with Crippen molar-refractivity contribution in [3.8, 4) is 17.2 Å². The van der Waals surface area contributed by atoms with Gasteiger partial charge in [-0.1, -0.05) is 43.5 Å². The molecule has 0 aliphatic heterocycles. The number of rotatable bonds is 6. The molecule has 1 aliphatic carbocycles. The van der Waals surface area contributed by atoms with Crippen LogP contribution in [0.2, 0.25) is 0 Å². The Balaban J connectivity index is 1.59. The number of hydrogen-bond acceptors (Lipinski definition) is 6. The number of nitro groups is 1. The number of phenols is 1. The molecule has 3 aromatic carbocycles. The minimum absolute atomic E-state index is 0.00464. The highest BCUT2D eigenvalue weighted by Gasteiger charge is 2.18. The summed E-state index contributed by atoms with van der Waals surface area (Å²) in [6.45, 7) is 0. The molecule has 0 atom stereocenters. The van der Waals surface area contributed by atoms with Crippen molar-refractivity contribution in [2.24, 2.45) is 10.2 Å². The lowest BCUT2D eigenvalue weighted by Gasteiger charge is -2.22. The summed E-state index contributed by atoms with van der Waals surface area (Å²) in [6, 6.07) is 18.8. The molecule has 0 spiro atoms. The van der Waals surface area contributed by atoms with Crippen molar-refractivity contribution >= 4 is 17.1 Å². The fraction of sp³-hybridized carbons (Fsp3) is 0.250. The van der Waals surface area contributed by atoms with E-state index in [0.29, 0.717) is 23.1 Å². The molecule has 0 heterocycles. The van der Waals surface area contributed by atoms with E-state index in [1.807, 2.05) is 30.3 Å². The van der Waals surface area contributed by atoms with Crippen molar-refractivity contribution < 1.29 is 14.8 Å². The summed E-state index contributed by atoms with van der Waals surface area (Å²) in [6.07, 6.45) is 5.90. The van der Waals surface area contributed by atoms with E-state index in [0.717, 1.165) is 18.4 Å². The summed E-state index contributed by atoms with van der Waals surface area (Å²) in [5.74, 6) is 1.36. The molecule has 7 nitrogen and oxygen atoms in total. The van der Waals surface area contributed by atoms with Gasteiger partial charge in [-0.2, -0.15) is 0 Å². The Morgan fingerprint density at radius 3 is 2.35 bits per heavy atom. The van der Waals surface area contributed by atoms with E-state index >= 15 is 0 Å². The maximum absolute atomic E-state index is 11.6. The van der Waals surface area contributed by atoms with E-state index < -0.39 is 4.92 Å². The van der Waals surface area contributed by atoms with Crippen molar-refractivity contribution in [1.82, 2.24) is 0 Å². The van der Waals surface area contributed by atoms with Crippen LogP contribution in [-0.2, 0) is 0 Å². The molecule has 31 heavy (non-hydrogen) atoms. The van der Waals surface area contributed by atoms with Gasteiger partial charge in [0.05, 0.1) is 11.0 Å². The highest BCUT2D eigenvalue weighted by atomic mass is 16.6. The van der Waals surface area contributed by atoms with Crippen LogP contribution in [0.15, 0.2) is 77.0 Å². The Hall–Kier alpha value is -3.74. The van der Waals surface area contributed by atoms with Crippen LogP contribution in [0.5, 0.6) is 17.2 Å². The third kappa shape index (κ3) is 5.06. The molecule has 0 bridgehead atoms. The van der Waals surface area contributed by atoms with Crippen LogP contribution in [-0.4, -0.2) is 10.0 Å². The summed E-state index contributed by atoms with van der Waals surface area (Å²) >= 11 is 0. The SMILES string of the molecule is O=[N+]([O-])c1cc(Oc2ccccc2)ccc1N=Nc1cc(C2CCCCC2)ccc1O. The molecule has 0 amide bonds. The fourth-order valence-corrected chi connectivity index (χ4v) is 3.84. The smallest absolute Gasteiger partial charge is 0.300 e. The van der Waals surface area contributed by atoms with Gasteiger partial charge in [0, 0.05) is 0 Å². The van der Waals surface area contributed by atoms with E-state index in [-0.39, 0.29) is 17.1 Å². The van der Waals surface area contributed by atoms with Crippen LogP contribution in [0, 0.1) is 10.1 Å². The largest absolute Gasteiger partial charge is 0.506 e. The molecule has 0 radical (unpaired) electrons. The minimum atomic E-state index is -0.523. The number of nitro benzene ring substituents is 1. The molecular weight excluding hydrogens is 394 g/mol. The Bertz CT molecular complexity index is 1090. The molecule has 0 aromatic heterocycles. The van der Waals surface area contributed by atoms with Crippen LogP contribution in [0.25, 0.3) is 0 Å². The third-order valence-electron chi connectivity index (χ3n) is 5.46. The van der Waals surface area contributed by atoms with Crippen molar-refractivity contribution in [3.05, 3.63) is 82.4 Å².